The molecule has 0 aliphatic carbocycles. The normalized spacial score (nSPS) is 10.5. The summed E-state index contributed by atoms with van der Waals surface area (Å²) in [7, 11) is 1.57. The molecule has 1 aromatic heterocycles. The molecule has 0 spiro atoms. The van der Waals surface area contributed by atoms with E-state index in [9.17, 15) is 8.78 Å². The molecule has 1 aromatic rings. The summed E-state index contributed by atoms with van der Waals surface area (Å²) in [6.07, 6.45) is 0. The van der Waals surface area contributed by atoms with Crippen LogP contribution < -0.4 is 5.32 Å². The van der Waals surface area contributed by atoms with Crippen LogP contribution in [0.15, 0.2) is 11.1 Å². The molecule has 0 fully saturated rings. The lowest BCUT2D eigenvalue weighted by molar-refractivity contribution is 0.218. The standard InChI is InChI=1S/C10H14F2N2OS/c1-3-13-9-7(11)6-8(12)10(14-9)16-5-4-15-2/h6H,3-5H2,1-2H3,(H,13,14). The Hall–Kier alpha value is -0.880. The second kappa shape index (κ2) is 6.65. The Labute approximate surface area is 97.6 Å². The van der Waals surface area contributed by atoms with Crippen molar-refractivity contribution in [3.05, 3.63) is 17.7 Å². The highest BCUT2D eigenvalue weighted by molar-refractivity contribution is 7.99. The van der Waals surface area contributed by atoms with Crippen molar-refractivity contribution in [2.24, 2.45) is 0 Å². The molecule has 0 bridgehead atoms. The minimum Gasteiger partial charge on any atom is -0.384 e. The maximum Gasteiger partial charge on any atom is 0.168 e. The van der Waals surface area contributed by atoms with E-state index in [0.29, 0.717) is 18.9 Å². The molecule has 0 saturated carbocycles. The third-order valence-electron chi connectivity index (χ3n) is 1.77. The Bertz CT molecular complexity index is 350. The van der Waals surface area contributed by atoms with Gasteiger partial charge in [-0.1, -0.05) is 0 Å². The maximum atomic E-state index is 13.3. The number of thioether (sulfide) groups is 1. The molecule has 90 valence electrons. The SMILES string of the molecule is CCNc1nc(SCCOC)c(F)cc1F. The van der Waals surface area contributed by atoms with Gasteiger partial charge < -0.3 is 10.1 Å². The molecule has 0 saturated heterocycles. The Kier molecular flexibility index (Phi) is 5.48. The van der Waals surface area contributed by atoms with E-state index in [2.05, 4.69) is 10.3 Å². The zero-order valence-electron chi connectivity index (χ0n) is 9.22. The zero-order valence-corrected chi connectivity index (χ0v) is 10.0. The number of pyridine rings is 1. The number of ether oxygens (including phenoxy) is 1. The van der Waals surface area contributed by atoms with Crippen molar-refractivity contribution in [1.29, 1.82) is 0 Å². The van der Waals surface area contributed by atoms with Crippen molar-refractivity contribution >= 4 is 17.6 Å². The van der Waals surface area contributed by atoms with Crippen LogP contribution in [0.3, 0.4) is 0 Å². The lowest BCUT2D eigenvalue weighted by Gasteiger charge is -2.07. The fourth-order valence-electron chi connectivity index (χ4n) is 1.06. The predicted molar refractivity (Wildman–Crippen MR) is 60.9 cm³/mol. The number of hydrogen-bond acceptors (Lipinski definition) is 4. The van der Waals surface area contributed by atoms with E-state index in [-0.39, 0.29) is 10.8 Å². The Morgan fingerprint density at radius 3 is 2.81 bits per heavy atom. The van der Waals surface area contributed by atoms with Gasteiger partial charge in [-0.25, -0.2) is 13.8 Å². The van der Waals surface area contributed by atoms with Crippen LogP contribution in [0, 0.1) is 11.6 Å². The van der Waals surface area contributed by atoms with E-state index >= 15 is 0 Å². The summed E-state index contributed by atoms with van der Waals surface area (Å²) in [5.41, 5.74) is 0. The molecular weight excluding hydrogens is 234 g/mol. The summed E-state index contributed by atoms with van der Waals surface area (Å²) in [4.78, 5) is 3.88. The van der Waals surface area contributed by atoms with Gasteiger partial charge >= 0.3 is 0 Å². The molecule has 0 unspecified atom stereocenters. The molecule has 1 heterocycles. The van der Waals surface area contributed by atoms with Crippen molar-refractivity contribution in [3.63, 3.8) is 0 Å². The first kappa shape index (κ1) is 13.2. The molecule has 0 amide bonds. The van der Waals surface area contributed by atoms with Crippen LogP contribution >= 0.6 is 11.8 Å². The van der Waals surface area contributed by atoms with Gasteiger partial charge in [0.1, 0.15) is 5.03 Å². The van der Waals surface area contributed by atoms with Gasteiger partial charge in [0.2, 0.25) is 0 Å². The molecule has 0 aromatic carbocycles. The van der Waals surface area contributed by atoms with Crippen LogP contribution in [-0.2, 0) is 4.74 Å². The van der Waals surface area contributed by atoms with Crippen LogP contribution in [0.1, 0.15) is 6.92 Å². The second-order valence-corrected chi connectivity index (χ2v) is 4.06. The van der Waals surface area contributed by atoms with Crippen molar-refractivity contribution < 1.29 is 13.5 Å². The number of aromatic nitrogens is 1. The highest BCUT2D eigenvalue weighted by atomic mass is 32.2. The Morgan fingerprint density at radius 2 is 2.19 bits per heavy atom. The third-order valence-corrected chi connectivity index (χ3v) is 2.70. The first-order valence-electron chi connectivity index (χ1n) is 4.90. The van der Waals surface area contributed by atoms with Crippen molar-refractivity contribution in [3.8, 4) is 0 Å². The molecule has 6 heteroatoms. The molecule has 0 radical (unpaired) electrons. The summed E-state index contributed by atoms with van der Waals surface area (Å²) in [6.45, 7) is 2.86. The quantitative estimate of drug-likeness (QED) is 0.619. The molecule has 0 aliphatic rings. The van der Waals surface area contributed by atoms with E-state index in [0.717, 1.165) is 6.07 Å². The van der Waals surface area contributed by atoms with Gasteiger partial charge in [0, 0.05) is 25.5 Å². The summed E-state index contributed by atoms with van der Waals surface area (Å²) in [5, 5.41) is 2.93. The molecule has 1 N–H and O–H groups in total. The predicted octanol–water partition coefficient (Wildman–Crippen LogP) is 2.53. The summed E-state index contributed by atoms with van der Waals surface area (Å²) in [5.74, 6) is -0.642. The lowest BCUT2D eigenvalue weighted by Crippen LogP contribution is -2.04. The number of anilines is 1. The van der Waals surface area contributed by atoms with Gasteiger partial charge in [-0.05, 0) is 6.92 Å². The Morgan fingerprint density at radius 1 is 1.44 bits per heavy atom. The first-order valence-corrected chi connectivity index (χ1v) is 5.89. The highest BCUT2D eigenvalue weighted by Crippen LogP contribution is 2.23. The van der Waals surface area contributed by atoms with E-state index in [1.165, 1.54) is 11.8 Å². The van der Waals surface area contributed by atoms with E-state index in [1.54, 1.807) is 7.11 Å². The van der Waals surface area contributed by atoms with Crippen molar-refractivity contribution in [2.75, 3.05) is 31.3 Å². The van der Waals surface area contributed by atoms with E-state index < -0.39 is 11.6 Å². The monoisotopic (exact) mass is 248 g/mol. The highest BCUT2D eigenvalue weighted by Gasteiger charge is 2.11. The van der Waals surface area contributed by atoms with Crippen LogP contribution in [0.2, 0.25) is 0 Å². The summed E-state index contributed by atoms with van der Waals surface area (Å²) >= 11 is 1.20. The average molecular weight is 248 g/mol. The number of rotatable bonds is 6. The molecule has 1 rings (SSSR count). The van der Waals surface area contributed by atoms with Crippen LogP contribution in [-0.4, -0.2) is 31.0 Å². The maximum absolute atomic E-state index is 13.3. The van der Waals surface area contributed by atoms with Gasteiger partial charge in [-0.2, -0.15) is 0 Å². The largest absolute Gasteiger partial charge is 0.384 e. The summed E-state index contributed by atoms with van der Waals surface area (Å²) < 4.78 is 31.4. The smallest absolute Gasteiger partial charge is 0.168 e. The third kappa shape index (κ3) is 3.61. The number of methoxy groups -OCH3 is 1. The number of hydrogen-bond donors (Lipinski definition) is 1. The van der Waals surface area contributed by atoms with Crippen LogP contribution in [0.5, 0.6) is 0 Å². The van der Waals surface area contributed by atoms with Gasteiger partial charge in [-0.3, -0.25) is 0 Å². The fraction of sp³-hybridized carbons (Fsp3) is 0.500. The number of nitrogens with one attached hydrogen (secondary N) is 1. The van der Waals surface area contributed by atoms with E-state index in [1.807, 2.05) is 6.92 Å². The average Bonchev–Trinajstić information content (AvgIpc) is 2.25. The topological polar surface area (TPSA) is 34.2 Å². The number of nitrogens with zero attached hydrogens (tertiary/aromatic N) is 1. The van der Waals surface area contributed by atoms with Gasteiger partial charge in [-0.15, -0.1) is 11.8 Å². The lowest BCUT2D eigenvalue weighted by atomic mass is 10.4. The van der Waals surface area contributed by atoms with Crippen molar-refractivity contribution in [1.82, 2.24) is 4.98 Å². The van der Waals surface area contributed by atoms with Gasteiger partial charge in [0.05, 0.1) is 6.61 Å². The first-order chi connectivity index (χ1) is 7.69. The van der Waals surface area contributed by atoms with Crippen LogP contribution in [0.25, 0.3) is 0 Å². The van der Waals surface area contributed by atoms with Gasteiger partial charge in [0.15, 0.2) is 17.5 Å². The molecule has 3 nitrogen and oxygen atoms in total. The minimum absolute atomic E-state index is 0.0869. The fourth-order valence-corrected chi connectivity index (χ4v) is 1.86. The van der Waals surface area contributed by atoms with E-state index in [4.69, 9.17) is 4.74 Å². The molecule has 0 atom stereocenters. The second-order valence-electron chi connectivity index (χ2n) is 2.98. The van der Waals surface area contributed by atoms with Crippen LogP contribution in [0.4, 0.5) is 14.6 Å². The minimum atomic E-state index is -0.671. The number of halogens is 2. The molecular formula is C10H14F2N2OS. The van der Waals surface area contributed by atoms with Gasteiger partial charge in [0.25, 0.3) is 0 Å². The Balaban J connectivity index is 2.78. The molecule has 0 aliphatic heterocycles. The van der Waals surface area contributed by atoms with Crippen molar-refractivity contribution in [2.45, 2.75) is 11.9 Å². The zero-order chi connectivity index (χ0) is 12.0. The molecule has 16 heavy (non-hydrogen) atoms. The summed E-state index contributed by atoms with van der Waals surface area (Å²) in [6, 6.07) is 0.847.